The van der Waals surface area contributed by atoms with Crippen LogP contribution < -0.4 is 21.9 Å². The van der Waals surface area contributed by atoms with E-state index in [4.69, 9.17) is 5.73 Å². The zero-order chi connectivity index (χ0) is 17.0. The van der Waals surface area contributed by atoms with E-state index in [1.54, 1.807) is 18.2 Å². The summed E-state index contributed by atoms with van der Waals surface area (Å²) in [5.41, 5.74) is 7.05. The number of nitrogens with two attached hydrogens (primary N) is 1. The second-order valence-electron chi connectivity index (χ2n) is 5.58. The van der Waals surface area contributed by atoms with Gasteiger partial charge in [-0.1, -0.05) is 6.07 Å². The summed E-state index contributed by atoms with van der Waals surface area (Å²) in [6.45, 7) is 0.446. The Labute approximate surface area is 135 Å². The van der Waals surface area contributed by atoms with Gasteiger partial charge >= 0.3 is 0 Å². The molecule has 4 rings (SSSR count). The van der Waals surface area contributed by atoms with E-state index >= 15 is 0 Å². The van der Waals surface area contributed by atoms with Crippen LogP contribution in [-0.2, 0) is 6.42 Å². The minimum atomic E-state index is -0.639. The van der Waals surface area contributed by atoms with Gasteiger partial charge in [0.1, 0.15) is 5.82 Å². The number of pyridine rings is 1. The van der Waals surface area contributed by atoms with Crippen LogP contribution in [0.25, 0.3) is 5.69 Å². The first-order valence-electron chi connectivity index (χ1n) is 7.30. The van der Waals surface area contributed by atoms with E-state index in [0.29, 0.717) is 29.8 Å². The van der Waals surface area contributed by atoms with Crippen molar-refractivity contribution in [2.45, 2.75) is 6.42 Å². The van der Waals surface area contributed by atoms with Gasteiger partial charge in [0, 0.05) is 18.2 Å². The molecule has 1 aromatic carbocycles. The number of amides is 3. The van der Waals surface area contributed by atoms with Crippen molar-refractivity contribution in [3.05, 3.63) is 56.9 Å². The van der Waals surface area contributed by atoms with Gasteiger partial charge in [-0.15, -0.1) is 0 Å². The van der Waals surface area contributed by atoms with Crippen LogP contribution in [0.15, 0.2) is 29.1 Å². The molecule has 0 bridgehead atoms. The predicted molar refractivity (Wildman–Crippen MR) is 84.3 cm³/mol. The number of imide groups is 1. The number of nitrogens with zero attached hydrogens (tertiary/aromatic N) is 1. The number of rotatable bonds is 1. The van der Waals surface area contributed by atoms with E-state index in [9.17, 15) is 19.2 Å². The average Bonchev–Trinajstić information content (AvgIpc) is 2.82. The van der Waals surface area contributed by atoms with E-state index in [1.165, 1.54) is 4.57 Å². The van der Waals surface area contributed by atoms with Gasteiger partial charge in [0.15, 0.2) is 0 Å². The number of anilines is 1. The fraction of sp³-hybridized carbons (Fsp3) is 0.125. The summed E-state index contributed by atoms with van der Waals surface area (Å²) in [6, 6.07) is 6.06. The topological polar surface area (TPSA) is 123 Å². The first kappa shape index (κ1) is 14.2. The lowest BCUT2D eigenvalue weighted by Crippen LogP contribution is -2.34. The number of nitrogens with one attached hydrogen (secondary N) is 2. The SMILES string of the molecule is Nc1c2c(cc(=O)n1-c1cccc3c1CCNC3=O)C(=O)NC2=O. The van der Waals surface area contributed by atoms with Crippen molar-refractivity contribution in [3.63, 3.8) is 0 Å². The molecule has 0 radical (unpaired) electrons. The van der Waals surface area contributed by atoms with Gasteiger partial charge < -0.3 is 11.1 Å². The summed E-state index contributed by atoms with van der Waals surface area (Å²) in [7, 11) is 0. The molecule has 4 N–H and O–H groups in total. The van der Waals surface area contributed by atoms with Crippen LogP contribution in [0, 0.1) is 0 Å². The van der Waals surface area contributed by atoms with Gasteiger partial charge in [0.25, 0.3) is 23.3 Å². The van der Waals surface area contributed by atoms with Crippen LogP contribution >= 0.6 is 0 Å². The highest BCUT2D eigenvalue weighted by Gasteiger charge is 2.32. The molecule has 120 valence electrons. The highest BCUT2D eigenvalue weighted by atomic mass is 16.2. The maximum absolute atomic E-state index is 12.5. The lowest BCUT2D eigenvalue weighted by Gasteiger charge is -2.21. The highest BCUT2D eigenvalue weighted by Crippen LogP contribution is 2.27. The molecular weight excluding hydrogens is 312 g/mol. The van der Waals surface area contributed by atoms with Gasteiger partial charge in [0.2, 0.25) is 0 Å². The van der Waals surface area contributed by atoms with Crippen molar-refractivity contribution in [3.8, 4) is 5.69 Å². The van der Waals surface area contributed by atoms with Crippen LogP contribution in [-0.4, -0.2) is 28.8 Å². The quantitative estimate of drug-likeness (QED) is 0.615. The second-order valence-corrected chi connectivity index (χ2v) is 5.58. The van der Waals surface area contributed by atoms with Crippen molar-refractivity contribution in [1.82, 2.24) is 15.2 Å². The van der Waals surface area contributed by atoms with E-state index < -0.39 is 17.4 Å². The average molecular weight is 324 g/mol. The predicted octanol–water partition coefficient (Wildman–Crippen LogP) is -0.411. The van der Waals surface area contributed by atoms with Gasteiger partial charge in [0.05, 0.1) is 16.8 Å². The number of carbonyl (C=O) groups is 3. The summed E-state index contributed by atoms with van der Waals surface area (Å²) in [5.74, 6) is -1.61. The molecule has 0 unspecified atom stereocenters. The number of benzene rings is 1. The highest BCUT2D eigenvalue weighted by molar-refractivity contribution is 6.23. The maximum Gasteiger partial charge on any atom is 0.262 e. The Kier molecular flexibility index (Phi) is 2.83. The third kappa shape index (κ3) is 1.79. The van der Waals surface area contributed by atoms with Crippen LogP contribution in [0.2, 0.25) is 0 Å². The Hall–Kier alpha value is -3.42. The van der Waals surface area contributed by atoms with Crippen LogP contribution in [0.3, 0.4) is 0 Å². The van der Waals surface area contributed by atoms with E-state index in [1.807, 2.05) is 0 Å². The third-order valence-electron chi connectivity index (χ3n) is 4.25. The molecule has 0 aliphatic carbocycles. The summed E-state index contributed by atoms with van der Waals surface area (Å²) >= 11 is 0. The molecule has 3 amide bonds. The second kappa shape index (κ2) is 4.79. The molecule has 0 saturated heterocycles. The summed E-state index contributed by atoms with van der Waals surface area (Å²) in [4.78, 5) is 48.1. The first-order chi connectivity index (χ1) is 11.5. The van der Waals surface area contributed by atoms with Gasteiger partial charge in [-0.25, -0.2) is 0 Å². The van der Waals surface area contributed by atoms with E-state index in [0.717, 1.165) is 6.07 Å². The summed E-state index contributed by atoms with van der Waals surface area (Å²) in [6.07, 6.45) is 0.533. The molecule has 2 aliphatic rings. The molecule has 8 nitrogen and oxygen atoms in total. The van der Waals surface area contributed by atoms with Crippen molar-refractivity contribution in [1.29, 1.82) is 0 Å². The van der Waals surface area contributed by atoms with E-state index in [2.05, 4.69) is 10.6 Å². The summed E-state index contributed by atoms with van der Waals surface area (Å²) in [5, 5.41) is 4.86. The molecule has 0 fully saturated rings. The monoisotopic (exact) mass is 324 g/mol. The van der Waals surface area contributed by atoms with Crippen LogP contribution in [0.1, 0.15) is 36.6 Å². The molecule has 2 aromatic rings. The van der Waals surface area contributed by atoms with Crippen molar-refractivity contribution < 1.29 is 14.4 Å². The van der Waals surface area contributed by atoms with Crippen molar-refractivity contribution >= 4 is 23.5 Å². The third-order valence-corrected chi connectivity index (χ3v) is 4.25. The van der Waals surface area contributed by atoms with Crippen LogP contribution in [0.4, 0.5) is 5.82 Å². The fourth-order valence-electron chi connectivity index (χ4n) is 3.18. The molecule has 0 spiro atoms. The lowest BCUT2D eigenvalue weighted by molar-refractivity contribution is 0.0878. The van der Waals surface area contributed by atoms with Crippen LogP contribution in [0.5, 0.6) is 0 Å². The van der Waals surface area contributed by atoms with Gasteiger partial charge in [-0.2, -0.15) is 0 Å². The Bertz CT molecular complexity index is 1010. The van der Waals surface area contributed by atoms with Gasteiger partial charge in [-0.3, -0.25) is 29.1 Å². The van der Waals surface area contributed by atoms with E-state index in [-0.39, 0.29) is 22.9 Å². The smallest absolute Gasteiger partial charge is 0.262 e. The minimum Gasteiger partial charge on any atom is -0.384 e. The largest absolute Gasteiger partial charge is 0.384 e. The molecule has 24 heavy (non-hydrogen) atoms. The lowest BCUT2D eigenvalue weighted by atomic mass is 9.98. The molecule has 1 aromatic heterocycles. The fourth-order valence-corrected chi connectivity index (χ4v) is 3.18. The zero-order valence-corrected chi connectivity index (χ0v) is 12.4. The molecule has 8 heteroatoms. The van der Waals surface area contributed by atoms with Gasteiger partial charge in [-0.05, 0) is 24.1 Å². The molecule has 0 saturated carbocycles. The Morgan fingerprint density at radius 2 is 1.79 bits per heavy atom. The number of hydrogen-bond donors (Lipinski definition) is 3. The number of nitrogen functional groups attached to an aromatic ring is 1. The molecular formula is C16H12N4O4. The summed E-state index contributed by atoms with van der Waals surface area (Å²) < 4.78 is 1.18. The number of aromatic nitrogens is 1. The first-order valence-corrected chi connectivity index (χ1v) is 7.30. The molecule has 2 aliphatic heterocycles. The number of fused-ring (bicyclic) bond motifs is 2. The minimum absolute atomic E-state index is 0.0162. The Morgan fingerprint density at radius 1 is 1.00 bits per heavy atom. The number of carbonyl (C=O) groups excluding carboxylic acids is 3. The standard InChI is InChI=1S/C16H12N4O4/c17-13-12-9(15(23)19-16(12)24)6-11(21)20(13)10-3-1-2-8-7(10)4-5-18-14(8)22/h1-3,6H,4-5,17H2,(H,18,22)(H,19,23,24). The zero-order valence-electron chi connectivity index (χ0n) is 12.4. The molecule has 0 atom stereocenters. The Morgan fingerprint density at radius 3 is 2.58 bits per heavy atom. The molecule has 3 heterocycles. The normalized spacial score (nSPS) is 15.6. The van der Waals surface area contributed by atoms with Crippen molar-refractivity contribution in [2.75, 3.05) is 12.3 Å². The van der Waals surface area contributed by atoms with Crippen molar-refractivity contribution in [2.24, 2.45) is 0 Å². The Balaban J connectivity index is 2.04. The number of hydrogen-bond acceptors (Lipinski definition) is 5. The maximum atomic E-state index is 12.5.